The Morgan fingerprint density at radius 2 is 0.522 bits per heavy atom. The SMILES string of the molecule is FC(F)(F)c1cccc(C2=C(c3cccc(C(F)(F)F)c3)C3=Nc4c(-c5cccc(C(F)(F)F)c5)c(-c5cccc(C(F)(F)F)c5)c5[n]4[In]([Cl])[n]4c(c6ccccc6c4=NC4=NC(=N5)C(c5cccc(C(F)(F)F)c5)=C4c4cccc(C(F)(F)F)c4)=NC2=N3)c1. The molecule has 0 radical (unpaired) electrons. The molecule has 0 spiro atoms. The van der Waals surface area contributed by atoms with Crippen LogP contribution in [-0.4, -0.2) is 49.3 Å². The average Bonchev–Trinajstić information content (AvgIpc) is 1.55. The summed E-state index contributed by atoms with van der Waals surface area (Å²) in [5.41, 5.74) is -13.9. The second kappa shape index (κ2) is 21.1. The van der Waals surface area contributed by atoms with Gasteiger partial charge in [-0.15, -0.1) is 0 Å². The van der Waals surface area contributed by atoms with E-state index in [9.17, 15) is 52.7 Å². The normalized spacial score (nSPS) is 15.4. The topological polar surface area (TPSA) is 84.0 Å². The number of nitrogens with zero attached hydrogens (tertiary/aromatic N) is 8. The Kier molecular flexibility index (Phi) is 14.0. The molecule has 0 fully saturated rings. The van der Waals surface area contributed by atoms with Gasteiger partial charge in [0.1, 0.15) is 0 Å². The summed E-state index contributed by atoms with van der Waals surface area (Å²) in [6.45, 7) is 0. The molecular weight excluding hydrogens is 1350 g/mol. The predicted molar refractivity (Wildman–Crippen MR) is 300 cm³/mol. The summed E-state index contributed by atoms with van der Waals surface area (Å²) in [6, 6.07) is 26.1. The van der Waals surface area contributed by atoms with Crippen LogP contribution in [0.15, 0.2) is 200 Å². The zero-order chi connectivity index (χ0) is 63.9. The molecule has 90 heavy (non-hydrogen) atoms. The second-order valence-corrected chi connectivity index (χ2v) is 27.9. The number of aromatic nitrogens is 2. The monoisotopic (exact) mass is 1380 g/mol. The summed E-state index contributed by atoms with van der Waals surface area (Å²) in [5, 5.41) is 0.119. The molecule has 2 aromatic heterocycles. The molecule has 4 aliphatic heterocycles. The van der Waals surface area contributed by atoms with Crippen molar-refractivity contribution < 1.29 is 79.0 Å². The van der Waals surface area contributed by atoms with Gasteiger partial charge in [0.25, 0.3) is 0 Å². The molecule has 28 heteroatoms. The number of rotatable bonds is 6. The van der Waals surface area contributed by atoms with E-state index in [1.165, 1.54) is 26.8 Å². The molecule has 0 unspecified atom stereocenters. The summed E-state index contributed by atoms with van der Waals surface area (Å²) >= 11 is -5.52. The van der Waals surface area contributed by atoms with E-state index in [4.69, 9.17) is 38.5 Å². The van der Waals surface area contributed by atoms with Crippen molar-refractivity contribution in [1.82, 2.24) is 5.11 Å². The van der Waals surface area contributed by atoms with Crippen LogP contribution in [0.2, 0.25) is 0 Å². The van der Waals surface area contributed by atoms with Crippen molar-refractivity contribution in [2.75, 3.05) is 0 Å². The van der Waals surface area contributed by atoms with Gasteiger partial charge in [-0.1, -0.05) is 0 Å². The van der Waals surface area contributed by atoms with E-state index in [1.807, 2.05) is 0 Å². The third-order valence-electron chi connectivity index (χ3n) is 15.0. The Morgan fingerprint density at radius 1 is 0.278 bits per heavy atom. The quantitative estimate of drug-likeness (QED) is 0.149. The summed E-state index contributed by atoms with van der Waals surface area (Å²) < 4.78 is 271. The Balaban J connectivity index is 1.30. The first-order valence-corrected chi connectivity index (χ1v) is 33.3. The van der Waals surface area contributed by atoms with Crippen molar-refractivity contribution in [2.24, 2.45) is 30.0 Å². The molecule has 4 aliphatic rings. The molecule has 7 aromatic carbocycles. The standard InChI is InChI=1S/C62H28F18N8.ClH.In/c63-57(64,65)35-15-3-9-29(23-35)43-45(31-11-5-17-37(25-31)59(69,70)71)53-84-51(43)82-49-41-21-1-2-22-42(41)50(81-49)83-52-44(30-10-4-16-36(24-30)58(66,67)68)46(32-12-6-18-38(26-32)60(72,73)74)54(85-52)87-56-48(34-14-8-20-40(28-34)62(78,79)80)47(55(86-53)88-56)33-13-7-19-39(27-33)61(75,76)77;;/h1-28H;1H;/q-2;;+3/p-1. The van der Waals surface area contributed by atoms with Gasteiger partial charge in [-0.05, 0) is 0 Å². The summed E-state index contributed by atoms with van der Waals surface area (Å²) in [7, 11) is 8.11. The summed E-state index contributed by atoms with van der Waals surface area (Å²) in [5.74, 6) is -3.81. The molecular formula is C62H28ClF18InN8. The molecule has 6 bridgehead atoms. The Morgan fingerprint density at radius 3 is 0.789 bits per heavy atom. The number of amidine groups is 4. The van der Waals surface area contributed by atoms with Crippen LogP contribution in [0.3, 0.4) is 0 Å². The molecule has 0 saturated heterocycles. The van der Waals surface area contributed by atoms with Crippen LogP contribution < -0.4 is 11.0 Å². The van der Waals surface area contributed by atoms with Crippen molar-refractivity contribution >= 4 is 97.5 Å². The van der Waals surface area contributed by atoms with Crippen molar-refractivity contribution in [3.05, 3.63) is 236 Å². The molecule has 8 nitrogen and oxygen atoms in total. The fourth-order valence-corrected chi connectivity index (χ4v) is 18.7. The second-order valence-electron chi connectivity index (χ2n) is 20.6. The first kappa shape index (κ1) is 60.0. The van der Waals surface area contributed by atoms with E-state index >= 15 is 26.3 Å². The number of alkyl halides is 18. The van der Waals surface area contributed by atoms with Gasteiger partial charge in [0.2, 0.25) is 0 Å². The van der Waals surface area contributed by atoms with Crippen molar-refractivity contribution in [3.63, 3.8) is 0 Å². The van der Waals surface area contributed by atoms with E-state index < -0.39 is 182 Å². The number of fused-ring (bicyclic) bond motifs is 5. The van der Waals surface area contributed by atoms with Gasteiger partial charge >= 0.3 is 507 Å². The molecule has 9 aromatic rings. The molecule has 0 atom stereocenters. The van der Waals surface area contributed by atoms with Gasteiger partial charge < -0.3 is 0 Å². The van der Waals surface area contributed by atoms with Gasteiger partial charge in [0.05, 0.1) is 0 Å². The van der Waals surface area contributed by atoms with Crippen LogP contribution in [0.4, 0.5) is 90.7 Å². The summed E-state index contributed by atoms with van der Waals surface area (Å²) in [4.78, 5) is 29.3. The van der Waals surface area contributed by atoms with Gasteiger partial charge in [-0.2, -0.15) is 0 Å². The van der Waals surface area contributed by atoms with Gasteiger partial charge in [-0.25, -0.2) is 0 Å². The Hall–Kier alpha value is -8.98. The first-order chi connectivity index (χ1) is 42.3. The van der Waals surface area contributed by atoms with Crippen molar-refractivity contribution in [3.8, 4) is 22.3 Å². The molecule has 0 saturated carbocycles. The van der Waals surface area contributed by atoms with E-state index in [0.29, 0.717) is 72.8 Å². The molecule has 0 amide bonds. The van der Waals surface area contributed by atoms with Crippen LogP contribution in [-0.2, 0) is 37.1 Å². The fraction of sp³-hybridized carbons (Fsp3) is 0.0968. The first-order valence-electron chi connectivity index (χ1n) is 26.2. The van der Waals surface area contributed by atoms with E-state index in [-0.39, 0.29) is 32.9 Å². The van der Waals surface area contributed by atoms with Crippen LogP contribution in [0.1, 0.15) is 55.6 Å². The van der Waals surface area contributed by atoms with Crippen molar-refractivity contribution in [2.45, 2.75) is 37.1 Å². The van der Waals surface area contributed by atoms with Gasteiger partial charge in [0, 0.05) is 0 Å². The van der Waals surface area contributed by atoms with Gasteiger partial charge in [0.15, 0.2) is 0 Å². The number of hydrogen-bond acceptors (Lipinski definition) is 6. The molecule has 0 aliphatic carbocycles. The third-order valence-corrected chi connectivity index (χ3v) is 22.8. The number of benzene rings is 7. The maximum absolute atomic E-state index is 15.1. The minimum absolute atomic E-state index is 0.0596. The molecule has 0 N–H and O–H groups in total. The molecule has 452 valence electrons. The van der Waals surface area contributed by atoms with Crippen LogP contribution in [0.25, 0.3) is 55.3 Å². The number of aliphatic imine (C=N–C) groups is 4. The van der Waals surface area contributed by atoms with Crippen LogP contribution in [0, 0.1) is 0 Å². The molecule has 6 heterocycles. The van der Waals surface area contributed by atoms with Gasteiger partial charge in [-0.3, -0.25) is 0 Å². The van der Waals surface area contributed by atoms with E-state index in [1.54, 1.807) is 0 Å². The van der Waals surface area contributed by atoms with E-state index in [0.717, 1.165) is 75.4 Å². The summed E-state index contributed by atoms with van der Waals surface area (Å²) in [6.07, 6.45) is -30.6. The Bertz CT molecular complexity index is 4600. The van der Waals surface area contributed by atoms with Crippen molar-refractivity contribution in [1.29, 1.82) is 0 Å². The predicted octanol–water partition coefficient (Wildman–Crippen LogP) is 17.9. The van der Waals surface area contributed by atoms with Crippen LogP contribution >= 0.6 is 8.58 Å². The number of halogens is 19. The third kappa shape index (κ3) is 10.5. The zero-order valence-electron chi connectivity index (χ0n) is 44.5. The fourth-order valence-electron chi connectivity index (χ4n) is 11.1. The minimum atomic E-state index is -5.52. The molecule has 13 rings (SSSR count). The van der Waals surface area contributed by atoms with Crippen LogP contribution in [0.5, 0.6) is 0 Å². The van der Waals surface area contributed by atoms with E-state index in [2.05, 4.69) is 0 Å². The Labute approximate surface area is 504 Å². The zero-order valence-corrected chi connectivity index (χ0v) is 48.6. The average molecular weight is 1380 g/mol. The maximum atomic E-state index is 15.1. The number of hydrogen-bond donors (Lipinski definition) is 0.